The van der Waals surface area contributed by atoms with Gasteiger partial charge in [0.1, 0.15) is 0 Å². The molecule has 0 aromatic carbocycles. The molecule has 1 fully saturated rings. The van der Waals surface area contributed by atoms with E-state index in [1.165, 1.54) is 6.42 Å². The maximum atomic E-state index is 5.62. The van der Waals surface area contributed by atoms with Crippen LogP contribution in [0.1, 0.15) is 45.1 Å². The Morgan fingerprint density at radius 3 is 3.05 bits per heavy atom. The number of nitrogens with one attached hydrogen (secondary N) is 1. The number of likely N-dealkylation sites (tertiary alicyclic amines) is 1. The van der Waals surface area contributed by atoms with Crippen molar-refractivity contribution in [3.63, 3.8) is 0 Å². The van der Waals surface area contributed by atoms with Gasteiger partial charge in [0.05, 0.1) is 17.8 Å². The predicted molar refractivity (Wildman–Crippen MR) is 78.4 cm³/mol. The highest BCUT2D eigenvalue weighted by molar-refractivity contribution is 5.05. The first-order chi connectivity index (χ1) is 9.50. The Labute approximate surface area is 121 Å². The lowest BCUT2D eigenvalue weighted by atomic mass is 9.95. The molecule has 20 heavy (non-hydrogen) atoms. The van der Waals surface area contributed by atoms with Crippen LogP contribution in [0.25, 0.3) is 0 Å². The lowest BCUT2D eigenvalue weighted by Crippen LogP contribution is -2.46. The molecule has 1 aromatic heterocycles. The van der Waals surface area contributed by atoms with Crippen molar-refractivity contribution >= 4 is 0 Å². The molecule has 0 radical (unpaired) electrons. The molecule has 1 aliphatic heterocycles. The minimum Gasteiger partial charge on any atom is -0.377 e. The minimum atomic E-state index is -0.0275. The summed E-state index contributed by atoms with van der Waals surface area (Å²) in [5.74, 6) is 0.936. The molecule has 1 aromatic rings. The summed E-state index contributed by atoms with van der Waals surface area (Å²) in [6.07, 6.45) is 2.29. The summed E-state index contributed by atoms with van der Waals surface area (Å²) in [5, 5.41) is 7.46. The summed E-state index contributed by atoms with van der Waals surface area (Å²) < 4.78 is 11.0. The molecule has 1 atom stereocenters. The molecule has 0 amide bonds. The van der Waals surface area contributed by atoms with Crippen LogP contribution in [0.2, 0.25) is 0 Å². The third kappa shape index (κ3) is 4.30. The Hall–Kier alpha value is -0.910. The Morgan fingerprint density at radius 1 is 1.55 bits per heavy atom. The van der Waals surface area contributed by atoms with Crippen LogP contribution in [0.15, 0.2) is 10.6 Å². The van der Waals surface area contributed by atoms with Gasteiger partial charge in [0.15, 0.2) is 5.76 Å². The van der Waals surface area contributed by atoms with Crippen molar-refractivity contribution in [1.29, 1.82) is 0 Å². The number of aromatic nitrogens is 1. The highest BCUT2D eigenvalue weighted by atomic mass is 16.5. The summed E-state index contributed by atoms with van der Waals surface area (Å²) in [7, 11) is 1.80. The highest BCUT2D eigenvalue weighted by Gasteiger charge is 2.31. The maximum Gasteiger partial charge on any atom is 0.151 e. The van der Waals surface area contributed by atoms with Crippen LogP contribution in [0, 0.1) is 0 Å². The number of nitrogens with zero attached hydrogens (tertiary/aromatic N) is 2. The Morgan fingerprint density at radius 2 is 2.35 bits per heavy atom. The van der Waals surface area contributed by atoms with E-state index in [1.807, 2.05) is 6.07 Å². The molecule has 1 aliphatic rings. The lowest BCUT2D eigenvalue weighted by molar-refractivity contribution is -0.0541. The molecule has 2 rings (SSSR count). The first kappa shape index (κ1) is 15.5. The van der Waals surface area contributed by atoms with Crippen LogP contribution in [0.3, 0.4) is 0 Å². The van der Waals surface area contributed by atoms with E-state index in [0.717, 1.165) is 44.1 Å². The van der Waals surface area contributed by atoms with E-state index < -0.39 is 0 Å². The van der Waals surface area contributed by atoms with Crippen LogP contribution < -0.4 is 5.32 Å². The van der Waals surface area contributed by atoms with Crippen LogP contribution in [0.5, 0.6) is 0 Å². The van der Waals surface area contributed by atoms with Gasteiger partial charge < -0.3 is 14.6 Å². The third-order valence-electron chi connectivity index (χ3n) is 3.91. The van der Waals surface area contributed by atoms with Crippen molar-refractivity contribution < 1.29 is 9.26 Å². The fraction of sp³-hybridized carbons (Fsp3) is 0.800. The van der Waals surface area contributed by atoms with Gasteiger partial charge in [-0.25, -0.2) is 0 Å². The fourth-order valence-electron chi connectivity index (χ4n) is 2.65. The minimum absolute atomic E-state index is 0.0275. The van der Waals surface area contributed by atoms with Crippen LogP contribution >= 0.6 is 0 Å². The maximum absolute atomic E-state index is 5.62. The summed E-state index contributed by atoms with van der Waals surface area (Å²) in [4.78, 5) is 2.38. The molecule has 5 heteroatoms. The third-order valence-corrected chi connectivity index (χ3v) is 3.91. The van der Waals surface area contributed by atoms with Crippen LogP contribution in [0.4, 0.5) is 0 Å². The van der Waals surface area contributed by atoms with Gasteiger partial charge in [-0.2, -0.15) is 0 Å². The Bertz CT molecular complexity index is 419. The van der Waals surface area contributed by atoms with Crippen molar-refractivity contribution in [2.75, 3.05) is 20.2 Å². The molecule has 5 nitrogen and oxygen atoms in total. The first-order valence-electron chi connectivity index (χ1n) is 7.46. The summed E-state index contributed by atoms with van der Waals surface area (Å²) in [6, 6.07) is 2.51. The standard InChI is InChI=1S/C15H27N3O2/c1-12(2)16-9-13-8-14(20-17-13)10-18-7-5-6-15(3,11-18)19-4/h8,12,16H,5-7,9-11H2,1-4H3. The zero-order valence-corrected chi connectivity index (χ0v) is 13.1. The molecular weight excluding hydrogens is 254 g/mol. The lowest BCUT2D eigenvalue weighted by Gasteiger charge is -2.39. The fourth-order valence-corrected chi connectivity index (χ4v) is 2.65. The van der Waals surface area contributed by atoms with E-state index in [2.05, 4.69) is 36.1 Å². The van der Waals surface area contributed by atoms with E-state index >= 15 is 0 Å². The molecule has 1 saturated heterocycles. The molecule has 1 unspecified atom stereocenters. The molecule has 1 N–H and O–H groups in total. The average molecular weight is 281 g/mol. The van der Waals surface area contributed by atoms with E-state index in [1.54, 1.807) is 7.11 Å². The second-order valence-electron chi connectivity index (χ2n) is 6.29. The monoisotopic (exact) mass is 281 g/mol. The topological polar surface area (TPSA) is 50.5 Å². The molecule has 0 aliphatic carbocycles. The van der Waals surface area contributed by atoms with Gasteiger partial charge in [0.2, 0.25) is 0 Å². The van der Waals surface area contributed by atoms with Gasteiger partial charge in [0, 0.05) is 32.3 Å². The SMILES string of the molecule is COC1(C)CCCN(Cc2cc(CNC(C)C)no2)C1. The van der Waals surface area contributed by atoms with E-state index in [0.29, 0.717) is 6.04 Å². The molecule has 0 bridgehead atoms. The molecular formula is C15H27N3O2. The van der Waals surface area contributed by atoms with Gasteiger partial charge in [-0.3, -0.25) is 4.90 Å². The quantitative estimate of drug-likeness (QED) is 0.866. The number of methoxy groups -OCH3 is 1. The summed E-state index contributed by atoms with van der Waals surface area (Å²) >= 11 is 0. The van der Waals surface area contributed by atoms with Gasteiger partial charge in [-0.05, 0) is 26.3 Å². The molecule has 2 heterocycles. The van der Waals surface area contributed by atoms with Crippen molar-refractivity contribution in [3.05, 3.63) is 17.5 Å². The number of piperidine rings is 1. The Balaban J connectivity index is 1.87. The van der Waals surface area contributed by atoms with Crippen molar-refractivity contribution in [1.82, 2.24) is 15.4 Å². The van der Waals surface area contributed by atoms with Gasteiger partial charge in [-0.1, -0.05) is 19.0 Å². The van der Waals surface area contributed by atoms with E-state index in [-0.39, 0.29) is 5.60 Å². The zero-order valence-electron chi connectivity index (χ0n) is 13.1. The number of hydrogen-bond acceptors (Lipinski definition) is 5. The molecule has 114 valence electrons. The summed E-state index contributed by atoms with van der Waals surface area (Å²) in [5.41, 5.74) is 0.945. The predicted octanol–water partition coefficient (Wildman–Crippen LogP) is 2.17. The highest BCUT2D eigenvalue weighted by Crippen LogP contribution is 2.25. The number of ether oxygens (including phenoxy) is 1. The van der Waals surface area contributed by atoms with E-state index in [4.69, 9.17) is 9.26 Å². The molecule has 0 spiro atoms. The largest absolute Gasteiger partial charge is 0.377 e. The summed E-state index contributed by atoms with van der Waals surface area (Å²) in [6.45, 7) is 10.0. The van der Waals surface area contributed by atoms with Gasteiger partial charge in [-0.15, -0.1) is 0 Å². The normalized spacial score (nSPS) is 24.4. The number of rotatable bonds is 6. The van der Waals surface area contributed by atoms with Crippen molar-refractivity contribution in [3.8, 4) is 0 Å². The molecule has 0 saturated carbocycles. The van der Waals surface area contributed by atoms with E-state index in [9.17, 15) is 0 Å². The smallest absolute Gasteiger partial charge is 0.151 e. The van der Waals surface area contributed by atoms with Crippen LogP contribution in [-0.4, -0.2) is 41.9 Å². The van der Waals surface area contributed by atoms with Crippen molar-refractivity contribution in [2.45, 2.75) is 58.3 Å². The van der Waals surface area contributed by atoms with Crippen molar-refractivity contribution in [2.24, 2.45) is 0 Å². The number of hydrogen-bond donors (Lipinski definition) is 1. The first-order valence-corrected chi connectivity index (χ1v) is 7.46. The van der Waals surface area contributed by atoms with Gasteiger partial charge >= 0.3 is 0 Å². The second-order valence-corrected chi connectivity index (χ2v) is 6.29. The Kier molecular flexibility index (Phi) is 5.18. The second kappa shape index (κ2) is 6.70. The van der Waals surface area contributed by atoms with Gasteiger partial charge in [0.25, 0.3) is 0 Å². The zero-order chi connectivity index (χ0) is 14.6. The van der Waals surface area contributed by atoms with Crippen LogP contribution in [-0.2, 0) is 17.8 Å². The average Bonchev–Trinajstić information content (AvgIpc) is 2.84.